The lowest BCUT2D eigenvalue weighted by molar-refractivity contribution is 0.171. The molecule has 0 heterocycles. The quantitative estimate of drug-likeness (QED) is 0.708. The van der Waals surface area contributed by atoms with E-state index in [0.29, 0.717) is 5.41 Å². The van der Waals surface area contributed by atoms with Crippen molar-refractivity contribution >= 4 is 11.6 Å². The maximum absolute atomic E-state index is 5.58. The minimum Gasteiger partial charge on any atom is -0.385 e. The second kappa shape index (κ2) is 5.74. The maximum Gasteiger partial charge on any atom is 0.0468 e. The van der Waals surface area contributed by atoms with Gasteiger partial charge in [-0.2, -0.15) is 0 Å². The van der Waals surface area contributed by atoms with Crippen molar-refractivity contribution in [2.45, 2.75) is 26.2 Å². The molecule has 0 bridgehead atoms. The summed E-state index contributed by atoms with van der Waals surface area (Å²) in [5, 5.41) is 3.44. The predicted molar refractivity (Wildman–Crippen MR) is 60.6 cm³/mol. The molecule has 3 heteroatoms. The van der Waals surface area contributed by atoms with Crippen LogP contribution in [0.15, 0.2) is 11.1 Å². The van der Waals surface area contributed by atoms with Gasteiger partial charge in [0.25, 0.3) is 0 Å². The Bertz CT molecular complexity index is 199. The normalized spacial score (nSPS) is 19.8. The average Bonchev–Trinajstić information content (AvgIpc) is 2.95. The lowest BCUT2D eigenvalue weighted by Gasteiger charge is -2.15. The highest BCUT2D eigenvalue weighted by atomic mass is 35.5. The molecule has 1 rings (SSSR count). The summed E-state index contributed by atoms with van der Waals surface area (Å²) in [6.45, 7) is 4.91. The Morgan fingerprint density at radius 3 is 2.79 bits per heavy atom. The van der Waals surface area contributed by atoms with Crippen molar-refractivity contribution < 1.29 is 4.74 Å². The third-order valence-electron chi connectivity index (χ3n) is 2.88. The highest BCUT2D eigenvalue weighted by molar-refractivity contribution is 6.25. The fourth-order valence-corrected chi connectivity index (χ4v) is 1.65. The number of hydrogen-bond donors (Lipinski definition) is 1. The first-order chi connectivity index (χ1) is 6.72. The molecule has 1 saturated carbocycles. The fraction of sp³-hybridized carbons (Fsp3) is 0.818. The van der Waals surface area contributed by atoms with Crippen LogP contribution in [-0.2, 0) is 4.74 Å². The summed E-state index contributed by atoms with van der Waals surface area (Å²) in [7, 11) is 1.77. The molecule has 1 aliphatic rings. The Balaban J connectivity index is 2.11. The Morgan fingerprint density at radius 1 is 1.57 bits per heavy atom. The average molecular weight is 218 g/mol. The van der Waals surface area contributed by atoms with Crippen LogP contribution >= 0.6 is 11.6 Å². The summed E-state index contributed by atoms with van der Waals surface area (Å²) in [5.41, 5.74) is 3.36. The number of ether oxygens (including phenoxy) is 1. The number of hydrogen-bond acceptors (Lipinski definition) is 2. The summed E-state index contributed by atoms with van der Waals surface area (Å²) >= 11 is 5.58. The van der Waals surface area contributed by atoms with Gasteiger partial charge < -0.3 is 10.1 Å². The van der Waals surface area contributed by atoms with Gasteiger partial charge in [-0.15, -0.1) is 0 Å². The van der Waals surface area contributed by atoms with Crippen molar-refractivity contribution in [2.75, 3.05) is 26.8 Å². The zero-order valence-corrected chi connectivity index (χ0v) is 9.86. The molecule has 0 unspecified atom stereocenters. The first kappa shape index (κ1) is 12.0. The van der Waals surface area contributed by atoms with Crippen LogP contribution in [0.2, 0.25) is 0 Å². The minimum atomic E-state index is 0.530. The van der Waals surface area contributed by atoms with Gasteiger partial charge in [-0.05, 0) is 37.2 Å². The van der Waals surface area contributed by atoms with E-state index in [1.807, 2.05) is 6.92 Å². The molecule has 0 spiro atoms. The molecule has 1 fully saturated rings. The molecule has 2 nitrogen and oxygen atoms in total. The van der Waals surface area contributed by atoms with E-state index >= 15 is 0 Å². The van der Waals surface area contributed by atoms with Gasteiger partial charge in [-0.1, -0.05) is 11.6 Å². The molecule has 0 saturated heterocycles. The fourth-order valence-electron chi connectivity index (χ4n) is 1.57. The molecule has 0 amide bonds. The van der Waals surface area contributed by atoms with Gasteiger partial charge in [0.2, 0.25) is 0 Å². The summed E-state index contributed by atoms with van der Waals surface area (Å²) in [6, 6.07) is 0. The Kier molecular flexibility index (Phi) is 4.93. The van der Waals surface area contributed by atoms with Gasteiger partial charge in [-0.3, -0.25) is 0 Å². The third-order valence-corrected chi connectivity index (χ3v) is 3.26. The topological polar surface area (TPSA) is 21.3 Å². The van der Waals surface area contributed by atoms with Crippen LogP contribution in [-0.4, -0.2) is 26.8 Å². The molecule has 0 radical (unpaired) electrons. The molecule has 0 atom stereocenters. The molecule has 14 heavy (non-hydrogen) atoms. The SMILES string of the molecule is COCCC1(CNCC(C)=CCl)CC1. The smallest absolute Gasteiger partial charge is 0.0468 e. The second-order valence-electron chi connectivity index (χ2n) is 4.30. The second-order valence-corrected chi connectivity index (χ2v) is 4.52. The van der Waals surface area contributed by atoms with Crippen molar-refractivity contribution in [3.8, 4) is 0 Å². The van der Waals surface area contributed by atoms with E-state index in [-0.39, 0.29) is 0 Å². The van der Waals surface area contributed by atoms with Gasteiger partial charge in [0.05, 0.1) is 0 Å². The van der Waals surface area contributed by atoms with Gasteiger partial charge in [0.15, 0.2) is 0 Å². The van der Waals surface area contributed by atoms with Crippen molar-refractivity contribution in [2.24, 2.45) is 5.41 Å². The van der Waals surface area contributed by atoms with Crippen LogP contribution in [0.1, 0.15) is 26.2 Å². The minimum absolute atomic E-state index is 0.530. The van der Waals surface area contributed by atoms with E-state index in [1.54, 1.807) is 12.6 Å². The Hall–Kier alpha value is -0.0500. The number of methoxy groups -OCH3 is 1. The molecule has 82 valence electrons. The van der Waals surface area contributed by atoms with Crippen LogP contribution in [0.4, 0.5) is 0 Å². The standard InChI is InChI=1S/C11H20ClNO/c1-10(7-12)8-13-9-11(3-4-11)5-6-14-2/h7,13H,3-6,8-9H2,1-2H3. The molecular weight excluding hydrogens is 198 g/mol. The van der Waals surface area contributed by atoms with E-state index in [4.69, 9.17) is 16.3 Å². The summed E-state index contributed by atoms with van der Waals surface area (Å²) < 4.78 is 5.11. The predicted octanol–water partition coefficient (Wildman–Crippen LogP) is 2.54. The van der Waals surface area contributed by atoms with Crippen molar-refractivity contribution in [3.63, 3.8) is 0 Å². The first-order valence-corrected chi connectivity index (χ1v) is 5.62. The first-order valence-electron chi connectivity index (χ1n) is 5.18. The van der Waals surface area contributed by atoms with Crippen LogP contribution < -0.4 is 5.32 Å². The van der Waals surface area contributed by atoms with E-state index in [0.717, 1.165) is 19.7 Å². The summed E-state index contributed by atoms with van der Waals surface area (Å²) in [6.07, 6.45) is 3.86. The van der Waals surface area contributed by atoms with Gasteiger partial charge in [-0.25, -0.2) is 0 Å². The van der Waals surface area contributed by atoms with Gasteiger partial charge in [0, 0.05) is 32.3 Å². The molecule has 1 N–H and O–H groups in total. The van der Waals surface area contributed by atoms with E-state index in [9.17, 15) is 0 Å². The molecule has 0 aromatic carbocycles. The zero-order chi connectivity index (χ0) is 10.4. The van der Waals surface area contributed by atoms with Crippen LogP contribution in [0.3, 0.4) is 0 Å². The maximum atomic E-state index is 5.58. The van der Waals surface area contributed by atoms with Gasteiger partial charge >= 0.3 is 0 Å². The highest BCUT2D eigenvalue weighted by Gasteiger charge is 2.41. The lowest BCUT2D eigenvalue weighted by Crippen LogP contribution is -2.26. The lowest BCUT2D eigenvalue weighted by atomic mass is 10.0. The van der Waals surface area contributed by atoms with Crippen LogP contribution in [0.25, 0.3) is 0 Å². The molecular formula is C11H20ClNO. The number of halogens is 1. The summed E-state index contributed by atoms with van der Waals surface area (Å²) in [5.74, 6) is 0. The van der Waals surface area contributed by atoms with Crippen LogP contribution in [0.5, 0.6) is 0 Å². The van der Waals surface area contributed by atoms with E-state index < -0.39 is 0 Å². The van der Waals surface area contributed by atoms with Crippen molar-refractivity contribution in [1.29, 1.82) is 0 Å². The van der Waals surface area contributed by atoms with E-state index in [1.165, 1.54) is 24.8 Å². The zero-order valence-electron chi connectivity index (χ0n) is 9.11. The van der Waals surface area contributed by atoms with Crippen molar-refractivity contribution in [3.05, 3.63) is 11.1 Å². The monoisotopic (exact) mass is 217 g/mol. The third kappa shape index (κ3) is 3.99. The molecule has 0 aromatic heterocycles. The molecule has 0 aromatic rings. The number of nitrogens with one attached hydrogen (secondary N) is 1. The van der Waals surface area contributed by atoms with E-state index in [2.05, 4.69) is 5.32 Å². The number of rotatable bonds is 7. The van der Waals surface area contributed by atoms with Crippen LogP contribution in [0, 0.1) is 5.41 Å². The largest absolute Gasteiger partial charge is 0.385 e. The molecule has 0 aliphatic heterocycles. The highest BCUT2D eigenvalue weighted by Crippen LogP contribution is 2.48. The molecule has 1 aliphatic carbocycles. The Morgan fingerprint density at radius 2 is 2.29 bits per heavy atom. The van der Waals surface area contributed by atoms with Gasteiger partial charge in [0.1, 0.15) is 0 Å². The van der Waals surface area contributed by atoms with Crippen molar-refractivity contribution in [1.82, 2.24) is 5.32 Å². The summed E-state index contributed by atoms with van der Waals surface area (Å²) in [4.78, 5) is 0. The Labute approximate surface area is 91.7 Å².